The van der Waals surface area contributed by atoms with Gasteiger partial charge in [0.25, 0.3) is 0 Å². The number of rotatable bonds is 0. The van der Waals surface area contributed by atoms with Gasteiger partial charge in [-0.1, -0.05) is 0 Å². The van der Waals surface area contributed by atoms with Crippen LogP contribution in [0.15, 0.2) is 0 Å². The van der Waals surface area contributed by atoms with Crippen LogP contribution in [-0.2, 0) is 16.8 Å². The van der Waals surface area contributed by atoms with Crippen LogP contribution in [0, 0.1) is 0 Å². The number of carboxylic acid groups (broad SMARTS) is 2. The summed E-state index contributed by atoms with van der Waals surface area (Å²) < 4.78 is 0. The van der Waals surface area contributed by atoms with Gasteiger partial charge in [-0.2, -0.15) is 0 Å². The molecular weight excluding hydrogens is 238 g/mol. The molecule has 0 rings (SSSR count). The van der Waals surface area contributed by atoms with Crippen molar-refractivity contribution in [2.45, 2.75) is 0 Å². The van der Waals surface area contributed by atoms with Gasteiger partial charge in [0.2, 0.25) is 0 Å². The van der Waals surface area contributed by atoms with Crippen LogP contribution in [0.3, 0.4) is 0 Å². The Kier molecular flexibility index (Phi) is 1890. The molecule has 86 valence electrons. The first-order valence-electron chi connectivity index (χ1n) is 0.612. The molecule has 0 atom stereocenters. The van der Waals surface area contributed by atoms with Gasteiger partial charge in [0, 0.05) is 0 Å². The van der Waals surface area contributed by atoms with E-state index in [1.807, 2.05) is 0 Å². The van der Waals surface area contributed by atoms with Gasteiger partial charge < -0.3 is 64.3 Å². The summed E-state index contributed by atoms with van der Waals surface area (Å²) in [5, 5.41) is 16.7. The molecular formula is CH18ClCoN6O3. The van der Waals surface area contributed by atoms with E-state index in [-0.39, 0.29) is 66.1 Å². The Morgan fingerprint density at radius 1 is 0.750 bits per heavy atom. The van der Waals surface area contributed by atoms with Crippen molar-refractivity contribution >= 4 is 6.16 Å². The molecule has 0 radical (unpaired) electrons. The van der Waals surface area contributed by atoms with E-state index in [1.54, 1.807) is 0 Å². The Morgan fingerprint density at radius 3 is 0.750 bits per heavy atom. The maximum atomic E-state index is 8.33. The molecule has 9 nitrogen and oxygen atoms in total. The predicted molar refractivity (Wildman–Crippen MR) is 35.5 cm³/mol. The van der Waals surface area contributed by atoms with E-state index in [9.17, 15) is 0 Å². The van der Waals surface area contributed by atoms with E-state index in [2.05, 4.69) is 0 Å². The molecule has 0 aliphatic carbocycles. The third-order valence-corrected chi connectivity index (χ3v) is 0. The van der Waals surface area contributed by atoms with Gasteiger partial charge in [-0.15, -0.1) is 0 Å². The van der Waals surface area contributed by atoms with E-state index in [0.717, 1.165) is 0 Å². The molecule has 0 saturated heterocycles. The van der Waals surface area contributed by atoms with Gasteiger partial charge in [-0.3, -0.25) is 0 Å². The molecule has 0 spiro atoms. The fourth-order valence-electron chi connectivity index (χ4n) is 0. The molecule has 0 fully saturated rings. The van der Waals surface area contributed by atoms with Crippen LogP contribution in [0.2, 0.25) is 0 Å². The second kappa shape index (κ2) is 131. The fourth-order valence-corrected chi connectivity index (χ4v) is 0. The maximum Gasteiger partial charge on any atom is 3.00 e. The van der Waals surface area contributed by atoms with E-state index >= 15 is 0 Å². The average Bonchev–Trinajstić information content (AvgIpc) is 0.811. The molecule has 12 heavy (non-hydrogen) atoms. The Labute approximate surface area is 87.8 Å². The summed E-state index contributed by atoms with van der Waals surface area (Å²) in [4.78, 5) is 8.33. The summed E-state index contributed by atoms with van der Waals surface area (Å²) >= 11 is 0. The van der Waals surface area contributed by atoms with Gasteiger partial charge in [0.15, 0.2) is 0 Å². The van der Waals surface area contributed by atoms with Crippen molar-refractivity contribution in [3.63, 3.8) is 0 Å². The van der Waals surface area contributed by atoms with Crippen LogP contribution >= 0.6 is 0 Å². The Morgan fingerprint density at radius 2 is 0.750 bits per heavy atom. The van der Waals surface area contributed by atoms with E-state index in [0.29, 0.717) is 0 Å². The number of carbonyl (C=O) groups excluding carboxylic acids is 1. The van der Waals surface area contributed by atoms with Crippen molar-refractivity contribution in [2.24, 2.45) is 0 Å². The van der Waals surface area contributed by atoms with E-state index in [1.165, 1.54) is 0 Å². The van der Waals surface area contributed by atoms with Crippen LogP contribution in [0.4, 0.5) is 4.79 Å². The van der Waals surface area contributed by atoms with Gasteiger partial charge >= 0.3 is 16.8 Å². The van der Waals surface area contributed by atoms with Gasteiger partial charge in [0.05, 0.1) is 0 Å². The molecule has 0 aromatic rings. The van der Waals surface area contributed by atoms with Crippen LogP contribution in [-0.4, -0.2) is 6.16 Å². The number of halogens is 1. The van der Waals surface area contributed by atoms with E-state index in [4.69, 9.17) is 15.0 Å². The van der Waals surface area contributed by atoms with Crippen LogP contribution < -0.4 is 59.5 Å². The van der Waals surface area contributed by atoms with Crippen LogP contribution in [0.1, 0.15) is 0 Å². The first-order chi connectivity index (χ1) is 1.73. The number of hydrogen-bond donors (Lipinski definition) is 6. The zero-order valence-electron chi connectivity index (χ0n) is 6.68. The zero-order chi connectivity index (χ0) is 3.58. The molecule has 11 heteroatoms. The third kappa shape index (κ3) is 25400. The van der Waals surface area contributed by atoms with Crippen LogP contribution in [0.25, 0.3) is 0 Å². The van der Waals surface area contributed by atoms with Gasteiger partial charge in [0.1, 0.15) is 0 Å². The molecule has 0 aromatic carbocycles. The number of carbonyl (C=O) groups is 1. The second-order valence-corrected chi connectivity index (χ2v) is 0.250. The zero-order valence-corrected chi connectivity index (χ0v) is 8.48. The van der Waals surface area contributed by atoms with E-state index < -0.39 is 6.16 Å². The summed E-state index contributed by atoms with van der Waals surface area (Å²) in [6.07, 6.45) is -2.33. The summed E-state index contributed by atoms with van der Waals surface area (Å²) in [5.74, 6) is 0. The topological polar surface area (TPSA) is 273 Å². The molecule has 0 aliphatic heterocycles. The van der Waals surface area contributed by atoms with Crippen molar-refractivity contribution < 1.29 is 44.2 Å². The quantitative estimate of drug-likeness (QED) is 0.243. The summed E-state index contributed by atoms with van der Waals surface area (Å²) in [6, 6.07) is 0. The summed E-state index contributed by atoms with van der Waals surface area (Å²) in [5.41, 5.74) is 0. The molecule has 0 bridgehead atoms. The van der Waals surface area contributed by atoms with Crippen molar-refractivity contribution in [2.75, 3.05) is 0 Å². The standard InChI is InChI=1S/CH2O3.ClH.Co.6H3N/c2-1(3)4;;;;;;;;/h(H2,2,3,4);1H;;6*1H3/q;;+3;;;;;;/p-3. The predicted octanol–water partition coefficient (Wildman–Crippen LogP) is -4.47. The van der Waals surface area contributed by atoms with Crippen molar-refractivity contribution in [3.8, 4) is 0 Å². The molecule has 0 amide bonds. The Bertz CT molecular complexity index is 45.8. The van der Waals surface area contributed by atoms with Crippen molar-refractivity contribution in [1.82, 2.24) is 36.9 Å². The van der Waals surface area contributed by atoms with Crippen molar-refractivity contribution in [1.29, 1.82) is 0 Å². The number of hydrogen-bond acceptors (Lipinski definition) is 9. The molecule has 18 N–H and O–H groups in total. The second-order valence-electron chi connectivity index (χ2n) is 0.250. The molecule has 0 aliphatic rings. The molecule has 0 aromatic heterocycles. The first kappa shape index (κ1) is 174. The third-order valence-electron chi connectivity index (χ3n) is 0. The average molecular weight is 257 g/mol. The SMILES string of the molecule is N.N.N.N.N.N.O=C([O-])[O-].[Cl-].[Co+3]. The summed E-state index contributed by atoms with van der Waals surface area (Å²) in [6.45, 7) is 0. The first-order valence-corrected chi connectivity index (χ1v) is 0.612. The maximum absolute atomic E-state index is 8.33. The largest absolute Gasteiger partial charge is 3.00 e. The smallest absolute Gasteiger partial charge is 1.00 e. The molecule has 0 heterocycles. The Hall–Kier alpha value is -0.174. The van der Waals surface area contributed by atoms with Gasteiger partial charge in [-0.05, 0) is 6.16 Å². The van der Waals surface area contributed by atoms with Gasteiger partial charge in [-0.25, -0.2) is 0 Å². The van der Waals surface area contributed by atoms with Crippen LogP contribution in [0.5, 0.6) is 0 Å². The minimum Gasteiger partial charge on any atom is -1.00 e. The Balaban J connectivity index is -0.00000000161. The van der Waals surface area contributed by atoms with Crippen molar-refractivity contribution in [3.05, 3.63) is 0 Å². The fraction of sp³-hybridized carbons (Fsp3) is 0. The monoisotopic (exact) mass is 256 g/mol. The molecule has 0 unspecified atom stereocenters. The summed E-state index contributed by atoms with van der Waals surface area (Å²) in [7, 11) is 0. The molecule has 0 saturated carbocycles. The normalized spacial score (nSPS) is 2.00. The minimum atomic E-state index is -2.33. The minimum absolute atomic E-state index is 0.